The first-order valence-electron chi connectivity index (χ1n) is 6.28. The summed E-state index contributed by atoms with van der Waals surface area (Å²) in [6.07, 6.45) is 1.42. The number of para-hydroxylation sites is 1. The van der Waals surface area contributed by atoms with Crippen LogP contribution in [0.15, 0.2) is 48.7 Å². The molecule has 0 saturated heterocycles. The molecule has 0 saturated carbocycles. The fraction of sp³-hybridized carbons (Fsp3) is 0.133. The number of hydrogen-bond donors (Lipinski definition) is 2. The zero-order valence-electron chi connectivity index (χ0n) is 11.2. The molecule has 2 rings (SSSR count). The van der Waals surface area contributed by atoms with Gasteiger partial charge in [-0.05, 0) is 23.8 Å². The average Bonchev–Trinajstić information content (AvgIpc) is 2.52. The second-order valence-corrected chi connectivity index (χ2v) is 4.24. The van der Waals surface area contributed by atoms with Gasteiger partial charge in [-0.25, -0.2) is 9.78 Å². The number of carboxylic acids is 1. The maximum Gasteiger partial charge on any atom is 0.354 e. The Morgan fingerprint density at radius 3 is 2.52 bits per heavy atom. The highest BCUT2D eigenvalue weighted by molar-refractivity contribution is 5.85. The molecule has 0 fully saturated rings. The van der Waals surface area contributed by atoms with Crippen molar-refractivity contribution < 1.29 is 19.4 Å². The van der Waals surface area contributed by atoms with E-state index in [1.807, 2.05) is 18.2 Å². The standard InChI is InChI=1S/C15H14N2O4/c18-14(10-21-12-4-2-1-3-5-12)17-9-11-6-7-13(15(19)20)16-8-11/h1-8H,9-10H2,(H,17,18)(H,19,20). The van der Waals surface area contributed by atoms with E-state index in [2.05, 4.69) is 10.3 Å². The number of hydrogen-bond acceptors (Lipinski definition) is 4. The van der Waals surface area contributed by atoms with Crippen LogP contribution in [-0.2, 0) is 11.3 Å². The van der Waals surface area contributed by atoms with E-state index >= 15 is 0 Å². The second kappa shape index (κ2) is 7.04. The highest BCUT2D eigenvalue weighted by atomic mass is 16.5. The first kappa shape index (κ1) is 14.5. The zero-order valence-corrected chi connectivity index (χ0v) is 11.2. The van der Waals surface area contributed by atoms with Crippen molar-refractivity contribution in [2.24, 2.45) is 0 Å². The molecule has 0 radical (unpaired) electrons. The van der Waals surface area contributed by atoms with E-state index in [-0.39, 0.29) is 24.8 Å². The molecule has 0 spiro atoms. The van der Waals surface area contributed by atoms with E-state index in [1.54, 1.807) is 18.2 Å². The first-order valence-corrected chi connectivity index (χ1v) is 6.28. The highest BCUT2D eigenvalue weighted by Gasteiger charge is 2.05. The van der Waals surface area contributed by atoms with Crippen LogP contribution in [0.1, 0.15) is 16.1 Å². The number of amides is 1. The van der Waals surface area contributed by atoms with Crippen LogP contribution in [0.2, 0.25) is 0 Å². The van der Waals surface area contributed by atoms with Gasteiger partial charge in [0.2, 0.25) is 0 Å². The van der Waals surface area contributed by atoms with E-state index in [9.17, 15) is 9.59 Å². The van der Waals surface area contributed by atoms with Crippen LogP contribution in [0.4, 0.5) is 0 Å². The van der Waals surface area contributed by atoms with Crippen LogP contribution in [0.3, 0.4) is 0 Å². The van der Waals surface area contributed by atoms with Gasteiger partial charge in [0.05, 0.1) is 0 Å². The van der Waals surface area contributed by atoms with Crippen LogP contribution in [0, 0.1) is 0 Å². The number of carboxylic acid groups (broad SMARTS) is 1. The lowest BCUT2D eigenvalue weighted by Crippen LogP contribution is -2.28. The molecule has 108 valence electrons. The second-order valence-electron chi connectivity index (χ2n) is 4.24. The number of benzene rings is 1. The van der Waals surface area contributed by atoms with Crippen LogP contribution < -0.4 is 10.1 Å². The van der Waals surface area contributed by atoms with Gasteiger partial charge < -0.3 is 15.2 Å². The number of ether oxygens (including phenoxy) is 1. The smallest absolute Gasteiger partial charge is 0.354 e. The minimum absolute atomic E-state index is 0.0301. The Kier molecular flexibility index (Phi) is 4.87. The quantitative estimate of drug-likeness (QED) is 0.839. The highest BCUT2D eigenvalue weighted by Crippen LogP contribution is 2.07. The van der Waals surface area contributed by atoms with E-state index in [1.165, 1.54) is 12.3 Å². The lowest BCUT2D eigenvalue weighted by molar-refractivity contribution is -0.123. The summed E-state index contributed by atoms with van der Waals surface area (Å²) in [5.74, 6) is -0.719. The molecular formula is C15H14N2O4. The Morgan fingerprint density at radius 1 is 1.14 bits per heavy atom. The topological polar surface area (TPSA) is 88.5 Å². The maximum atomic E-state index is 11.6. The number of nitrogens with one attached hydrogen (secondary N) is 1. The van der Waals surface area contributed by atoms with E-state index in [0.717, 1.165) is 0 Å². The number of carbonyl (C=O) groups excluding carboxylic acids is 1. The first-order chi connectivity index (χ1) is 10.1. The molecule has 2 aromatic rings. The summed E-state index contributed by atoms with van der Waals surface area (Å²) in [5.41, 5.74) is 0.686. The molecule has 21 heavy (non-hydrogen) atoms. The molecule has 6 nitrogen and oxygen atoms in total. The van der Waals surface area contributed by atoms with Gasteiger partial charge in [-0.3, -0.25) is 4.79 Å². The molecule has 2 N–H and O–H groups in total. The Morgan fingerprint density at radius 2 is 1.90 bits per heavy atom. The summed E-state index contributed by atoms with van der Waals surface area (Å²) in [5, 5.41) is 11.4. The largest absolute Gasteiger partial charge is 0.484 e. The van der Waals surface area contributed by atoms with Crippen molar-refractivity contribution in [3.63, 3.8) is 0 Å². The zero-order chi connectivity index (χ0) is 15.1. The van der Waals surface area contributed by atoms with Gasteiger partial charge in [-0.1, -0.05) is 24.3 Å². The summed E-state index contributed by atoms with van der Waals surface area (Å²) in [4.78, 5) is 26.0. The predicted octanol–water partition coefficient (Wildman–Crippen LogP) is 1.47. The molecule has 0 aliphatic rings. The van der Waals surface area contributed by atoms with Gasteiger partial charge in [0.1, 0.15) is 11.4 Å². The minimum Gasteiger partial charge on any atom is -0.484 e. The predicted molar refractivity (Wildman–Crippen MR) is 75.0 cm³/mol. The third-order valence-corrected chi connectivity index (χ3v) is 2.65. The van der Waals surface area contributed by atoms with Crippen molar-refractivity contribution >= 4 is 11.9 Å². The van der Waals surface area contributed by atoms with Crippen molar-refractivity contribution in [3.8, 4) is 5.75 Å². The summed E-state index contributed by atoms with van der Waals surface area (Å²) in [6.45, 7) is 0.189. The Bertz CT molecular complexity index is 611. The van der Waals surface area contributed by atoms with Gasteiger partial charge in [0.15, 0.2) is 6.61 Å². The summed E-state index contributed by atoms with van der Waals surface area (Å²) in [6, 6.07) is 12.0. The van der Waals surface area contributed by atoms with Crippen molar-refractivity contribution in [2.45, 2.75) is 6.54 Å². The fourth-order valence-electron chi connectivity index (χ4n) is 1.57. The molecule has 1 aromatic heterocycles. The fourth-order valence-corrected chi connectivity index (χ4v) is 1.57. The van der Waals surface area contributed by atoms with Crippen LogP contribution >= 0.6 is 0 Å². The number of nitrogens with zero attached hydrogens (tertiary/aromatic N) is 1. The summed E-state index contributed by atoms with van der Waals surface area (Å²) in [7, 11) is 0. The molecule has 0 aliphatic carbocycles. The van der Waals surface area contributed by atoms with Crippen LogP contribution in [0.25, 0.3) is 0 Å². The average molecular weight is 286 g/mol. The summed E-state index contributed by atoms with van der Waals surface area (Å²) >= 11 is 0. The van der Waals surface area contributed by atoms with Gasteiger partial charge in [0, 0.05) is 12.7 Å². The van der Waals surface area contributed by atoms with Gasteiger partial charge in [0.25, 0.3) is 5.91 Å². The maximum absolute atomic E-state index is 11.6. The molecule has 1 amide bonds. The molecule has 0 aliphatic heterocycles. The Labute approximate surface area is 121 Å². The number of carbonyl (C=O) groups is 2. The molecule has 0 unspecified atom stereocenters. The number of aromatic nitrogens is 1. The molecule has 0 atom stereocenters. The third kappa shape index (κ3) is 4.61. The van der Waals surface area contributed by atoms with Crippen molar-refractivity contribution in [2.75, 3.05) is 6.61 Å². The molecule has 6 heteroatoms. The Balaban J connectivity index is 1.77. The Hall–Kier alpha value is -2.89. The van der Waals surface area contributed by atoms with Gasteiger partial charge in [-0.2, -0.15) is 0 Å². The third-order valence-electron chi connectivity index (χ3n) is 2.65. The number of aromatic carboxylic acids is 1. The van der Waals surface area contributed by atoms with E-state index in [4.69, 9.17) is 9.84 Å². The van der Waals surface area contributed by atoms with Crippen LogP contribution in [-0.4, -0.2) is 28.6 Å². The van der Waals surface area contributed by atoms with Crippen LogP contribution in [0.5, 0.6) is 5.75 Å². The van der Waals surface area contributed by atoms with Gasteiger partial charge in [-0.15, -0.1) is 0 Å². The SMILES string of the molecule is O=C(COc1ccccc1)NCc1ccc(C(=O)O)nc1. The van der Waals surface area contributed by atoms with Gasteiger partial charge >= 0.3 is 5.97 Å². The molecule has 1 aromatic carbocycles. The summed E-state index contributed by atoms with van der Waals surface area (Å²) < 4.78 is 5.30. The lowest BCUT2D eigenvalue weighted by Gasteiger charge is -2.07. The number of pyridine rings is 1. The van der Waals surface area contributed by atoms with E-state index < -0.39 is 5.97 Å². The molecular weight excluding hydrogens is 272 g/mol. The number of rotatable bonds is 6. The monoisotopic (exact) mass is 286 g/mol. The molecule has 0 bridgehead atoms. The normalized spacial score (nSPS) is 9.90. The van der Waals surface area contributed by atoms with E-state index in [0.29, 0.717) is 11.3 Å². The van der Waals surface area contributed by atoms with Crippen molar-refractivity contribution in [1.82, 2.24) is 10.3 Å². The van der Waals surface area contributed by atoms with Crippen molar-refractivity contribution in [3.05, 3.63) is 59.9 Å². The molecule has 1 heterocycles. The van der Waals surface area contributed by atoms with Crippen molar-refractivity contribution in [1.29, 1.82) is 0 Å². The minimum atomic E-state index is -1.08. The lowest BCUT2D eigenvalue weighted by atomic mass is 10.2.